The first-order valence-corrected chi connectivity index (χ1v) is 8.33. The van der Waals surface area contributed by atoms with Crippen LogP contribution < -0.4 is 15.0 Å². The molecule has 1 aromatic carbocycles. The first kappa shape index (κ1) is 16.2. The topological polar surface area (TPSA) is 24.5 Å². The minimum absolute atomic E-state index is 0.586. The highest BCUT2D eigenvalue weighted by Crippen LogP contribution is 2.31. The highest BCUT2D eigenvalue weighted by molar-refractivity contribution is 5.57. The zero-order chi connectivity index (χ0) is 15.1. The van der Waals surface area contributed by atoms with Crippen LogP contribution in [0.5, 0.6) is 5.75 Å². The SMILES string of the molecule is CCCNC(CN(C)c1ccccc1OC)C1CCCC1. The summed E-state index contributed by atoms with van der Waals surface area (Å²) < 4.78 is 5.49. The second kappa shape index (κ2) is 8.28. The Labute approximate surface area is 129 Å². The van der Waals surface area contributed by atoms with Crippen molar-refractivity contribution in [2.75, 3.05) is 32.1 Å². The van der Waals surface area contributed by atoms with Gasteiger partial charge >= 0.3 is 0 Å². The molecule has 1 saturated carbocycles. The molecule has 0 aliphatic heterocycles. The maximum absolute atomic E-state index is 5.49. The third-order valence-corrected chi connectivity index (χ3v) is 4.59. The first-order valence-electron chi connectivity index (χ1n) is 8.33. The van der Waals surface area contributed by atoms with Crippen molar-refractivity contribution in [2.24, 2.45) is 5.92 Å². The van der Waals surface area contributed by atoms with Crippen molar-refractivity contribution in [3.63, 3.8) is 0 Å². The summed E-state index contributed by atoms with van der Waals surface area (Å²) in [5, 5.41) is 3.77. The number of rotatable bonds is 8. The van der Waals surface area contributed by atoms with E-state index in [1.807, 2.05) is 12.1 Å². The number of likely N-dealkylation sites (N-methyl/N-ethyl adjacent to an activating group) is 1. The number of methoxy groups -OCH3 is 1. The number of nitrogens with one attached hydrogen (secondary N) is 1. The van der Waals surface area contributed by atoms with Crippen molar-refractivity contribution in [3.8, 4) is 5.75 Å². The largest absolute Gasteiger partial charge is 0.495 e. The Morgan fingerprint density at radius 3 is 2.67 bits per heavy atom. The van der Waals surface area contributed by atoms with Gasteiger partial charge in [0.1, 0.15) is 5.75 Å². The number of hydrogen-bond acceptors (Lipinski definition) is 3. The third-order valence-electron chi connectivity index (χ3n) is 4.59. The van der Waals surface area contributed by atoms with E-state index >= 15 is 0 Å². The van der Waals surface area contributed by atoms with E-state index in [-0.39, 0.29) is 0 Å². The average Bonchev–Trinajstić information content (AvgIpc) is 3.05. The molecular formula is C18H30N2O. The van der Waals surface area contributed by atoms with Crippen LogP contribution in [-0.4, -0.2) is 33.3 Å². The van der Waals surface area contributed by atoms with Crippen LogP contribution in [0.15, 0.2) is 24.3 Å². The second-order valence-electron chi connectivity index (χ2n) is 6.16. The van der Waals surface area contributed by atoms with Crippen LogP contribution in [0.1, 0.15) is 39.0 Å². The lowest BCUT2D eigenvalue weighted by Crippen LogP contribution is -2.44. The molecule has 118 valence electrons. The number of hydrogen-bond donors (Lipinski definition) is 1. The Balaban J connectivity index is 2.03. The molecule has 1 aliphatic carbocycles. The van der Waals surface area contributed by atoms with Crippen molar-refractivity contribution in [1.29, 1.82) is 0 Å². The summed E-state index contributed by atoms with van der Waals surface area (Å²) in [6.07, 6.45) is 6.74. The Bertz CT molecular complexity index is 415. The van der Waals surface area contributed by atoms with Crippen molar-refractivity contribution in [2.45, 2.75) is 45.1 Å². The lowest BCUT2D eigenvalue weighted by atomic mass is 9.97. The average molecular weight is 290 g/mol. The van der Waals surface area contributed by atoms with Gasteiger partial charge in [0.25, 0.3) is 0 Å². The molecule has 1 aliphatic rings. The lowest BCUT2D eigenvalue weighted by molar-refractivity contribution is 0.359. The van der Waals surface area contributed by atoms with Gasteiger partial charge in [0.15, 0.2) is 0 Å². The summed E-state index contributed by atoms with van der Waals surface area (Å²) in [6.45, 7) is 4.40. The number of para-hydroxylation sites is 2. The molecule has 1 atom stereocenters. The van der Waals surface area contributed by atoms with E-state index in [1.165, 1.54) is 37.8 Å². The molecule has 3 nitrogen and oxygen atoms in total. The van der Waals surface area contributed by atoms with Crippen LogP contribution in [0.25, 0.3) is 0 Å². The number of benzene rings is 1. The van der Waals surface area contributed by atoms with E-state index in [0.29, 0.717) is 6.04 Å². The van der Waals surface area contributed by atoms with Gasteiger partial charge in [-0.2, -0.15) is 0 Å². The Morgan fingerprint density at radius 2 is 2.00 bits per heavy atom. The summed E-state index contributed by atoms with van der Waals surface area (Å²) >= 11 is 0. The van der Waals surface area contributed by atoms with Crippen molar-refractivity contribution in [1.82, 2.24) is 5.32 Å². The van der Waals surface area contributed by atoms with Crippen LogP contribution in [-0.2, 0) is 0 Å². The Kier molecular flexibility index (Phi) is 6.37. The van der Waals surface area contributed by atoms with Gasteiger partial charge in [-0.3, -0.25) is 0 Å². The monoisotopic (exact) mass is 290 g/mol. The number of ether oxygens (including phenoxy) is 1. The van der Waals surface area contributed by atoms with E-state index in [1.54, 1.807) is 7.11 Å². The summed E-state index contributed by atoms with van der Waals surface area (Å²) in [6, 6.07) is 8.88. The molecule has 0 bridgehead atoms. The van der Waals surface area contributed by atoms with Gasteiger partial charge in [0.2, 0.25) is 0 Å². The standard InChI is InChI=1S/C18H30N2O/c1-4-13-19-16(15-9-5-6-10-15)14-20(2)17-11-7-8-12-18(17)21-3/h7-8,11-12,15-16,19H,4-6,9-10,13-14H2,1-3H3. The van der Waals surface area contributed by atoms with Gasteiger partial charge < -0.3 is 15.0 Å². The highest BCUT2D eigenvalue weighted by atomic mass is 16.5. The normalized spacial score (nSPS) is 16.9. The molecule has 0 amide bonds. The summed E-state index contributed by atoms with van der Waals surface area (Å²) in [7, 11) is 3.92. The molecule has 1 N–H and O–H groups in total. The minimum atomic E-state index is 0.586. The van der Waals surface area contributed by atoms with Crippen molar-refractivity contribution in [3.05, 3.63) is 24.3 Å². The van der Waals surface area contributed by atoms with E-state index in [0.717, 1.165) is 24.8 Å². The zero-order valence-corrected chi connectivity index (χ0v) is 13.8. The molecular weight excluding hydrogens is 260 g/mol. The van der Waals surface area contributed by atoms with E-state index in [2.05, 4.69) is 36.3 Å². The van der Waals surface area contributed by atoms with Gasteiger partial charge in [-0.1, -0.05) is 31.9 Å². The maximum Gasteiger partial charge on any atom is 0.142 e. The summed E-state index contributed by atoms with van der Waals surface area (Å²) in [5.74, 6) is 1.79. The molecule has 0 radical (unpaired) electrons. The molecule has 3 heteroatoms. The molecule has 1 aromatic rings. The Hall–Kier alpha value is -1.22. The molecule has 0 heterocycles. The van der Waals surface area contributed by atoms with Crippen LogP contribution >= 0.6 is 0 Å². The number of anilines is 1. The summed E-state index contributed by atoms with van der Waals surface area (Å²) in [4.78, 5) is 2.34. The van der Waals surface area contributed by atoms with Gasteiger partial charge in [0, 0.05) is 19.6 Å². The van der Waals surface area contributed by atoms with Crippen LogP contribution in [0.4, 0.5) is 5.69 Å². The molecule has 1 fully saturated rings. The molecule has 21 heavy (non-hydrogen) atoms. The van der Waals surface area contributed by atoms with Gasteiger partial charge in [-0.15, -0.1) is 0 Å². The van der Waals surface area contributed by atoms with Crippen molar-refractivity contribution >= 4 is 5.69 Å². The molecule has 0 saturated heterocycles. The van der Waals surface area contributed by atoms with Gasteiger partial charge in [-0.25, -0.2) is 0 Å². The second-order valence-corrected chi connectivity index (χ2v) is 6.16. The quantitative estimate of drug-likeness (QED) is 0.790. The van der Waals surface area contributed by atoms with E-state index < -0.39 is 0 Å². The summed E-state index contributed by atoms with van der Waals surface area (Å²) in [5.41, 5.74) is 1.18. The number of nitrogens with zero attached hydrogens (tertiary/aromatic N) is 1. The van der Waals surface area contributed by atoms with Crippen LogP contribution in [0, 0.1) is 5.92 Å². The maximum atomic E-state index is 5.49. The van der Waals surface area contributed by atoms with Gasteiger partial charge in [0.05, 0.1) is 12.8 Å². The van der Waals surface area contributed by atoms with Crippen molar-refractivity contribution < 1.29 is 4.74 Å². The zero-order valence-electron chi connectivity index (χ0n) is 13.8. The minimum Gasteiger partial charge on any atom is -0.495 e. The predicted octanol–water partition coefficient (Wildman–Crippen LogP) is 3.69. The molecule has 0 spiro atoms. The molecule has 2 rings (SSSR count). The predicted molar refractivity (Wildman–Crippen MR) is 90.3 cm³/mol. The van der Waals surface area contributed by atoms with Gasteiger partial charge in [-0.05, 0) is 43.9 Å². The van der Waals surface area contributed by atoms with E-state index in [9.17, 15) is 0 Å². The fraction of sp³-hybridized carbons (Fsp3) is 0.667. The van der Waals surface area contributed by atoms with Crippen LogP contribution in [0.3, 0.4) is 0 Å². The highest BCUT2D eigenvalue weighted by Gasteiger charge is 2.26. The lowest BCUT2D eigenvalue weighted by Gasteiger charge is -2.31. The fourth-order valence-corrected chi connectivity index (χ4v) is 3.41. The molecule has 0 aromatic heterocycles. The van der Waals surface area contributed by atoms with Crippen LogP contribution in [0.2, 0.25) is 0 Å². The van der Waals surface area contributed by atoms with E-state index in [4.69, 9.17) is 4.74 Å². The fourth-order valence-electron chi connectivity index (χ4n) is 3.41. The molecule has 1 unspecified atom stereocenters. The Morgan fingerprint density at radius 1 is 1.29 bits per heavy atom. The smallest absolute Gasteiger partial charge is 0.142 e. The third kappa shape index (κ3) is 4.37. The first-order chi connectivity index (χ1) is 10.3.